The third-order valence-electron chi connectivity index (χ3n) is 8.81. The molecule has 2 fully saturated rings. The first-order valence-corrected chi connectivity index (χ1v) is 15.7. The quantitative estimate of drug-likeness (QED) is 0.330. The summed E-state index contributed by atoms with van der Waals surface area (Å²) in [5.41, 5.74) is 10.5. The van der Waals surface area contributed by atoms with E-state index in [1.54, 1.807) is 24.3 Å². The number of carbonyl (C=O) groups is 1. The van der Waals surface area contributed by atoms with E-state index >= 15 is 0 Å². The summed E-state index contributed by atoms with van der Waals surface area (Å²) in [5.74, 6) is 0.754. The number of piperazine rings is 1. The van der Waals surface area contributed by atoms with Crippen LogP contribution in [0.5, 0.6) is 11.5 Å². The molecule has 3 aromatic rings. The van der Waals surface area contributed by atoms with Crippen molar-refractivity contribution in [2.75, 3.05) is 52.4 Å². The van der Waals surface area contributed by atoms with E-state index in [0.717, 1.165) is 50.0 Å². The zero-order valence-corrected chi connectivity index (χ0v) is 25.6. The molecule has 0 saturated carbocycles. The van der Waals surface area contributed by atoms with Crippen LogP contribution in [0.4, 0.5) is 4.39 Å². The van der Waals surface area contributed by atoms with Crippen LogP contribution in [-0.4, -0.2) is 84.2 Å². The molecule has 0 bridgehead atoms. The molecule has 9 heteroatoms. The highest BCUT2D eigenvalue weighted by atomic mass is 35.5. The number of halogens is 2. The Labute approximate surface area is 259 Å². The average molecular weight is 609 g/mol. The minimum absolute atomic E-state index is 0.0245. The van der Waals surface area contributed by atoms with Crippen LogP contribution < -0.4 is 10.5 Å². The van der Waals surface area contributed by atoms with Crippen molar-refractivity contribution >= 4 is 17.5 Å². The van der Waals surface area contributed by atoms with Crippen LogP contribution in [0.2, 0.25) is 5.02 Å². The number of amides is 1. The van der Waals surface area contributed by atoms with Gasteiger partial charge in [0.1, 0.15) is 17.3 Å². The van der Waals surface area contributed by atoms with Crippen molar-refractivity contribution in [3.8, 4) is 22.6 Å². The Morgan fingerprint density at radius 3 is 2.44 bits per heavy atom. The normalized spacial score (nSPS) is 17.6. The average Bonchev–Trinajstić information content (AvgIpc) is 3.02. The largest absolute Gasteiger partial charge is 0.508 e. The summed E-state index contributed by atoms with van der Waals surface area (Å²) in [6, 6.07) is 17.7. The summed E-state index contributed by atoms with van der Waals surface area (Å²) in [7, 11) is 0. The molecule has 7 nitrogen and oxygen atoms in total. The van der Waals surface area contributed by atoms with Crippen LogP contribution in [-0.2, 0) is 17.8 Å². The number of carbonyl (C=O) groups excluding carboxylic acids is 1. The molecule has 0 spiro atoms. The zero-order valence-electron chi connectivity index (χ0n) is 24.9. The Hall–Kier alpha value is -3.17. The fraction of sp³-hybridized carbons (Fsp3) is 0.441. The molecule has 2 aliphatic heterocycles. The van der Waals surface area contributed by atoms with Gasteiger partial charge in [-0.3, -0.25) is 9.69 Å². The molecule has 2 saturated heterocycles. The van der Waals surface area contributed by atoms with Crippen LogP contribution in [0.15, 0.2) is 60.7 Å². The van der Waals surface area contributed by atoms with Gasteiger partial charge in [0.15, 0.2) is 0 Å². The van der Waals surface area contributed by atoms with Crippen molar-refractivity contribution < 1.29 is 19.0 Å². The third-order valence-corrected chi connectivity index (χ3v) is 9.04. The van der Waals surface area contributed by atoms with Gasteiger partial charge >= 0.3 is 0 Å². The smallest absolute Gasteiger partial charge is 0.239 e. The van der Waals surface area contributed by atoms with Crippen molar-refractivity contribution in [2.24, 2.45) is 11.7 Å². The van der Waals surface area contributed by atoms with Crippen molar-refractivity contribution in [3.05, 3.63) is 82.6 Å². The van der Waals surface area contributed by atoms with Gasteiger partial charge in [-0.05, 0) is 98.3 Å². The van der Waals surface area contributed by atoms with E-state index in [-0.39, 0.29) is 23.4 Å². The monoisotopic (exact) mass is 608 g/mol. The van der Waals surface area contributed by atoms with E-state index in [1.165, 1.54) is 11.6 Å². The lowest BCUT2D eigenvalue weighted by atomic mass is 9.88. The minimum Gasteiger partial charge on any atom is -0.508 e. The summed E-state index contributed by atoms with van der Waals surface area (Å²) < 4.78 is 20.1. The summed E-state index contributed by atoms with van der Waals surface area (Å²) in [6.07, 6.45) is 2.64. The van der Waals surface area contributed by atoms with Gasteiger partial charge in [-0.15, -0.1) is 0 Å². The molecule has 0 aromatic heterocycles. The molecule has 3 N–H and O–H groups in total. The Morgan fingerprint density at radius 2 is 1.74 bits per heavy atom. The lowest BCUT2D eigenvalue weighted by molar-refractivity contribution is -0.136. The topological polar surface area (TPSA) is 82.3 Å². The molecule has 0 aliphatic carbocycles. The highest BCUT2D eigenvalue weighted by Gasteiger charge is 2.33. The van der Waals surface area contributed by atoms with Crippen LogP contribution in [0.3, 0.4) is 0 Å². The van der Waals surface area contributed by atoms with E-state index < -0.39 is 6.04 Å². The SMILES string of the molecule is CCOc1cccc(F)c1CN1CCN(C(=O)[C@H](N)C2CCN(CCc3cc(Cl)ccc3-c3ccc(O)cc3)CC2)CC1. The number of phenols is 1. The maximum Gasteiger partial charge on any atom is 0.239 e. The van der Waals surface area contributed by atoms with Crippen LogP contribution in [0.25, 0.3) is 11.1 Å². The van der Waals surface area contributed by atoms with E-state index in [2.05, 4.69) is 9.80 Å². The Morgan fingerprint density at radius 1 is 1.02 bits per heavy atom. The number of hydrogen-bond acceptors (Lipinski definition) is 6. The fourth-order valence-electron chi connectivity index (χ4n) is 6.25. The van der Waals surface area contributed by atoms with Gasteiger partial charge in [-0.1, -0.05) is 35.9 Å². The zero-order chi connectivity index (χ0) is 30.3. The molecule has 2 heterocycles. The number of ether oxygens (including phenoxy) is 1. The Balaban J connectivity index is 1.09. The maximum absolute atomic E-state index is 14.5. The van der Waals surface area contributed by atoms with Gasteiger partial charge in [-0.2, -0.15) is 0 Å². The van der Waals surface area contributed by atoms with E-state index in [9.17, 15) is 14.3 Å². The number of nitrogens with two attached hydrogens (primary N) is 1. The molecular weight excluding hydrogens is 567 g/mol. The number of aromatic hydroxyl groups is 1. The van der Waals surface area contributed by atoms with Gasteiger partial charge < -0.3 is 25.4 Å². The second-order valence-electron chi connectivity index (χ2n) is 11.6. The molecule has 2 aliphatic rings. The molecule has 43 heavy (non-hydrogen) atoms. The molecule has 0 unspecified atom stereocenters. The Kier molecular flexibility index (Phi) is 10.6. The van der Waals surface area contributed by atoms with Gasteiger partial charge in [0.2, 0.25) is 5.91 Å². The highest BCUT2D eigenvalue weighted by molar-refractivity contribution is 6.30. The first-order chi connectivity index (χ1) is 20.8. The molecule has 230 valence electrons. The van der Waals surface area contributed by atoms with Crippen LogP contribution >= 0.6 is 11.6 Å². The second-order valence-corrected chi connectivity index (χ2v) is 12.0. The summed E-state index contributed by atoms with van der Waals surface area (Å²) >= 11 is 6.34. The predicted molar refractivity (Wildman–Crippen MR) is 169 cm³/mol. The number of hydrogen-bond donors (Lipinski definition) is 2. The third kappa shape index (κ3) is 7.87. The lowest BCUT2D eigenvalue weighted by Gasteiger charge is -2.39. The first kappa shape index (κ1) is 31.3. The van der Waals surface area contributed by atoms with E-state index in [0.29, 0.717) is 55.7 Å². The molecular formula is C34H42ClFN4O3. The maximum atomic E-state index is 14.5. The molecule has 5 rings (SSSR count). The minimum atomic E-state index is -0.501. The fourth-order valence-corrected chi connectivity index (χ4v) is 6.45. The van der Waals surface area contributed by atoms with Crippen molar-refractivity contribution in [1.82, 2.24) is 14.7 Å². The molecule has 0 radical (unpaired) electrons. The van der Waals surface area contributed by atoms with Gasteiger partial charge in [0, 0.05) is 49.9 Å². The summed E-state index contributed by atoms with van der Waals surface area (Å²) in [6.45, 7) is 8.07. The van der Waals surface area contributed by atoms with E-state index in [4.69, 9.17) is 22.1 Å². The number of nitrogens with zero attached hydrogens (tertiary/aromatic N) is 3. The second kappa shape index (κ2) is 14.5. The molecule has 1 amide bonds. The van der Waals surface area contributed by atoms with Gasteiger partial charge in [0.25, 0.3) is 0 Å². The number of rotatable bonds is 10. The highest BCUT2D eigenvalue weighted by Crippen LogP contribution is 2.30. The number of benzene rings is 3. The predicted octanol–water partition coefficient (Wildman–Crippen LogP) is 5.18. The van der Waals surface area contributed by atoms with Crippen molar-refractivity contribution in [3.63, 3.8) is 0 Å². The van der Waals surface area contributed by atoms with Crippen LogP contribution in [0.1, 0.15) is 30.9 Å². The van der Waals surface area contributed by atoms with Crippen molar-refractivity contribution in [1.29, 1.82) is 0 Å². The standard InChI is InChI=1S/C34H42ClFN4O3/c1-2-43-32-5-3-4-31(36)30(32)23-39-18-20-40(21-19-39)34(42)33(37)25-12-15-38(16-13-25)17-14-26-22-27(35)8-11-29(26)24-6-9-28(41)10-7-24/h3-11,22,25,33,41H,2,12-21,23,37H2,1H3/t33-/m1/s1. The van der Waals surface area contributed by atoms with Crippen LogP contribution in [0, 0.1) is 11.7 Å². The molecule has 1 atom stereocenters. The Bertz CT molecular complexity index is 1370. The number of likely N-dealkylation sites (tertiary alicyclic amines) is 1. The summed E-state index contributed by atoms with van der Waals surface area (Å²) in [4.78, 5) is 19.8. The van der Waals surface area contributed by atoms with Gasteiger partial charge in [-0.25, -0.2) is 4.39 Å². The number of phenolic OH excluding ortho intramolecular Hbond substituents is 1. The van der Waals surface area contributed by atoms with Crippen molar-refractivity contribution in [2.45, 2.75) is 38.8 Å². The summed E-state index contributed by atoms with van der Waals surface area (Å²) in [5, 5.41) is 10.4. The first-order valence-electron chi connectivity index (χ1n) is 15.3. The molecule has 3 aromatic carbocycles. The van der Waals surface area contributed by atoms with E-state index in [1.807, 2.05) is 42.2 Å². The lowest BCUT2D eigenvalue weighted by Crippen LogP contribution is -2.55. The van der Waals surface area contributed by atoms with Gasteiger partial charge in [0.05, 0.1) is 12.6 Å². The number of piperidine rings is 1.